The summed E-state index contributed by atoms with van der Waals surface area (Å²) in [7, 11) is 0. The Labute approximate surface area is 110 Å². The highest BCUT2D eigenvalue weighted by Crippen LogP contribution is 1.97. The first-order chi connectivity index (χ1) is 9.13. The highest BCUT2D eigenvalue weighted by atomic mass is 16.3. The van der Waals surface area contributed by atoms with Gasteiger partial charge in [0.25, 0.3) is 5.56 Å². The van der Waals surface area contributed by atoms with Crippen molar-refractivity contribution in [2.75, 3.05) is 13.2 Å². The summed E-state index contributed by atoms with van der Waals surface area (Å²) in [5.41, 5.74) is -1.07. The van der Waals surface area contributed by atoms with Crippen molar-refractivity contribution in [3.8, 4) is 0 Å². The van der Waals surface area contributed by atoms with Crippen LogP contribution in [0.3, 0.4) is 0 Å². The molecule has 1 heterocycles. The van der Waals surface area contributed by atoms with E-state index in [1.54, 1.807) is 0 Å². The molecule has 0 saturated carbocycles. The van der Waals surface area contributed by atoms with Gasteiger partial charge >= 0.3 is 5.69 Å². The van der Waals surface area contributed by atoms with E-state index in [0.29, 0.717) is 6.54 Å². The maximum absolute atomic E-state index is 11.5. The van der Waals surface area contributed by atoms with Crippen LogP contribution in [0.1, 0.15) is 25.7 Å². The molecule has 0 aliphatic carbocycles. The van der Waals surface area contributed by atoms with Crippen LogP contribution < -0.4 is 16.6 Å². The van der Waals surface area contributed by atoms with Crippen LogP contribution in [0, 0.1) is 0 Å². The molecular formula is C12H19N3O4. The fourth-order valence-electron chi connectivity index (χ4n) is 1.60. The van der Waals surface area contributed by atoms with Crippen LogP contribution in [-0.4, -0.2) is 33.7 Å². The third kappa shape index (κ3) is 6.01. The standard InChI is InChI=1S/C12H19N3O4/c16-8-4-2-1-3-6-13-11(18)9-15-7-5-10(17)14-12(15)19/h5,7,16H,1-4,6,8-9H2,(H,13,18)(H,14,17,19). The first-order valence-electron chi connectivity index (χ1n) is 6.31. The van der Waals surface area contributed by atoms with Crippen LogP contribution in [0.4, 0.5) is 0 Å². The molecule has 1 rings (SSSR count). The smallest absolute Gasteiger partial charge is 0.328 e. The van der Waals surface area contributed by atoms with Crippen molar-refractivity contribution in [1.82, 2.24) is 14.9 Å². The normalized spacial score (nSPS) is 10.4. The molecule has 3 N–H and O–H groups in total. The molecule has 0 bridgehead atoms. The first-order valence-corrected chi connectivity index (χ1v) is 6.31. The van der Waals surface area contributed by atoms with Crippen LogP contribution in [0.15, 0.2) is 21.9 Å². The van der Waals surface area contributed by atoms with E-state index in [1.807, 2.05) is 0 Å². The maximum Gasteiger partial charge on any atom is 0.328 e. The van der Waals surface area contributed by atoms with Crippen LogP contribution in [0.2, 0.25) is 0 Å². The molecule has 0 spiro atoms. The molecule has 0 unspecified atom stereocenters. The number of aliphatic hydroxyl groups excluding tert-OH is 1. The third-order valence-corrected chi connectivity index (χ3v) is 2.62. The molecule has 1 aromatic rings. The number of unbranched alkanes of at least 4 members (excludes halogenated alkanes) is 3. The lowest BCUT2D eigenvalue weighted by atomic mass is 10.2. The Morgan fingerprint density at radius 3 is 2.68 bits per heavy atom. The van der Waals surface area contributed by atoms with E-state index >= 15 is 0 Å². The number of amides is 1. The van der Waals surface area contributed by atoms with Crippen LogP contribution in [-0.2, 0) is 11.3 Å². The van der Waals surface area contributed by atoms with E-state index in [4.69, 9.17) is 5.11 Å². The third-order valence-electron chi connectivity index (χ3n) is 2.62. The maximum atomic E-state index is 11.5. The number of aromatic amines is 1. The predicted octanol–water partition coefficient (Wildman–Crippen LogP) is -0.794. The summed E-state index contributed by atoms with van der Waals surface area (Å²) in [4.78, 5) is 35.8. The Kier molecular flexibility index (Phi) is 6.59. The van der Waals surface area contributed by atoms with Crippen molar-refractivity contribution in [2.45, 2.75) is 32.2 Å². The van der Waals surface area contributed by atoms with Crippen molar-refractivity contribution in [2.24, 2.45) is 0 Å². The van der Waals surface area contributed by atoms with Gasteiger partial charge in [0.2, 0.25) is 5.91 Å². The number of nitrogens with one attached hydrogen (secondary N) is 2. The molecule has 1 aromatic heterocycles. The molecule has 0 fully saturated rings. The van der Waals surface area contributed by atoms with Crippen molar-refractivity contribution >= 4 is 5.91 Å². The molecule has 0 aliphatic rings. The second-order valence-corrected chi connectivity index (χ2v) is 4.23. The first kappa shape index (κ1) is 15.2. The fraction of sp³-hybridized carbons (Fsp3) is 0.583. The summed E-state index contributed by atoms with van der Waals surface area (Å²) in [5, 5.41) is 11.3. The predicted molar refractivity (Wildman–Crippen MR) is 69.9 cm³/mol. The molecule has 0 atom stereocenters. The zero-order chi connectivity index (χ0) is 14.1. The monoisotopic (exact) mass is 269 g/mol. The van der Waals surface area contributed by atoms with Crippen LogP contribution in [0.5, 0.6) is 0 Å². The van der Waals surface area contributed by atoms with E-state index < -0.39 is 11.2 Å². The van der Waals surface area contributed by atoms with Gasteiger partial charge in [0.05, 0.1) is 0 Å². The summed E-state index contributed by atoms with van der Waals surface area (Å²) < 4.78 is 1.14. The lowest BCUT2D eigenvalue weighted by Gasteiger charge is -2.06. The lowest BCUT2D eigenvalue weighted by Crippen LogP contribution is -2.35. The highest BCUT2D eigenvalue weighted by Gasteiger charge is 2.03. The van der Waals surface area contributed by atoms with Crippen molar-refractivity contribution in [1.29, 1.82) is 0 Å². The van der Waals surface area contributed by atoms with E-state index in [-0.39, 0.29) is 19.1 Å². The number of aromatic nitrogens is 2. The molecular weight excluding hydrogens is 250 g/mol. The Morgan fingerprint density at radius 2 is 2.00 bits per heavy atom. The van der Waals surface area contributed by atoms with Gasteiger partial charge in [-0.2, -0.15) is 0 Å². The van der Waals surface area contributed by atoms with Gasteiger partial charge in [-0.15, -0.1) is 0 Å². The summed E-state index contributed by atoms with van der Waals surface area (Å²) in [6, 6.07) is 1.20. The van der Waals surface area contributed by atoms with Gasteiger partial charge in [0, 0.05) is 25.4 Å². The molecule has 7 heteroatoms. The number of H-pyrrole nitrogens is 1. The average Bonchev–Trinajstić information content (AvgIpc) is 2.37. The second kappa shape index (κ2) is 8.25. The Bertz CT molecular complexity index is 506. The summed E-state index contributed by atoms with van der Waals surface area (Å²) in [5.74, 6) is -0.267. The molecule has 7 nitrogen and oxygen atoms in total. The van der Waals surface area contributed by atoms with E-state index in [9.17, 15) is 14.4 Å². The Hall–Kier alpha value is -1.89. The van der Waals surface area contributed by atoms with E-state index in [1.165, 1.54) is 12.3 Å². The van der Waals surface area contributed by atoms with Crippen LogP contribution >= 0.6 is 0 Å². The minimum absolute atomic E-state index is 0.105. The van der Waals surface area contributed by atoms with Gasteiger partial charge in [-0.1, -0.05) is 12.8 Å². The fourth-order valence-corrected chi connectivity index (χ4v) is 1.60. The minimum Gasteiger partial charge on any atom is -0.396 e. The lowest BCUT2D eigenvalue weighted by molar-refractivity contribution is -0.121. The summed E-state index contributed by atoms with van der Waals surface area (Å²) in [6.45, 7) is 0.635. The number of nitrogens with zero attached hydrogens (tertiary/aromatic N) is 1. The number of rotatable bonds is 8. The SMILES string of the molecule is O=C(Cn1ccc(=O)[nH]c1=O)NCCCCCCO. The van der Waals surface area contributed by atoms with Gasteiger partial charge in [0.1, 0.15) is 6.54 Å². The number of carbonyl (C=O) groups excluding carboxylic acids is 1. The zero-order valence-electron chi connectivity index (χ0n) is 10.7. The quantitative estimate of drug-likeness (QED) is 0.538. The minimum atomic E-state index is -0.592. The van der Waals surface area contributed by atoms with Gasteiger partial charge in [0.15, 0.2) is 0 Å². The van der Waals surface area contributed by atoms with Gasteiger partial charge < -0.3 is 10.4 Å². The number of aliphatic hydroxyl groups is 1. The zero-order valence-corrected chi connectivity index (χ0v) is 10.7. The largest absolute Gasteiger partial charge is 0.396 e. The molecule has 0 saturated heterocycles. The van der Waals surface area contributed by atoms with Crippen molar-refractivity contribution in [3.63, 3.8) is 0 Å². The molecule has 0 aliphatic heterocycles. The number of hydrogen-bond acceptors (Lipinski definition) is 4. The summed E-state index contributed by atoms with van der Waals surface area (Å²) >= 11 is 0. The molecule has 0 aromatic carbocycles. The van der Waals surface area contributed by atoms with Gasteiger partial charge in [-0.3, -0.25) is 19.1 Å². The second-order valence-electron chi connectivity index (χ2n) is 4.23. The summed E-state index contributed by atoms with van der Waals surface area (Å²) in [6.07, 6.45) is 4.79. The topological polar surface area (TPSA) is 104 Å². The Morgan fingerprint density at radius 1 is 1.26 bits per heavy atom. The number of hydrogen-bond donors (Lipinski definition) is 3. The average molecular weight is 269 g/mol. The van der Waals surface area contributed by atoms with E-state index in [0.717, 1.165) is 30.3 Å². The highest BCUT2D eigenvalue weighted by molar-refractivity contribution is 5.75. The van der Waals surface area contributed by atoms with E-state index in [2.05, 4.69) is 10.3 Å². The van der Waals surface area contributed by atoms with Crippen molar-refractivity contribution in [3.05, 3.63) is 33.1 Å². The molecule has 1 amide bonds. The Balaban J connectivity index is 2.27. The van der Waals surface area contributed by atoms with Crippen molar-refractivity contribution < 1.29 is 9.90 Å². The molecule has 106 valence electrons. The van der Waals surface area contributed by atoms with Crippen LogP contribution in [0.25, 0.3) is 0 Å². The number of carbonyl (C=O) groups is 1. The van der Waals surface area contributed by atoms with Gasteiger partial charge in [-0.25, -0.2) is 4.79 Å². The molecule has 19 heavy (non-hydrogen) atoms. The molecule has 0 radical (unpaired) electrons. The van der Waals surface area contributed by atoms with Gasteiger partial charge in [-0.05, 0) is 12.8 Å².